The number of halogens is 2. The molecule has 3 heteroatoms. The molecule has 2 N–H and O–H groups in total. The van der Waals surface area contributed by atoms with Gasteiger partial charge in [-0.05, 0) is 30.5 Å². The highest BCUT2D eigenvalue weighted by Gasteiger charge is 2.11. The van der Waals surface area contributed by atoms with Gasteiger partial charge in [-0.15, -0.1) is 0 Å². The van der Waals surface area contributed by atoms with Gasteiger partial charge in [0, 0.05) is 16.6 Å². The largest absolute Gasteiger partial charge is 0.324 e. The van der Waals surface area contributed by atoms with Crippen LogP contribution in [0.5, 0.6) is 0 Å². The second-order valence-corrected chi connectivity index (χ2v) is 5.03. The zero-order chi connectivity index (χ0) is 12.1. The topological polar surface area (TPSA) is 26.0 Å². The van der Waals surface area contributed by atoms with Crippen LogP contribution in [-0.2, 0) is 0 Å². The molecule has 0 aliphatic heterocycles. The molecule has 0 aliphatic rings. The highest BCUT2D eigenvalue weighted by molar-refractivity contribution is 6.30. The van der Waals surface area contributed by atoms with Crippen molar-refractivity contribution in [3.8, 4) is 0 Å². The van der Waals surface area contributed by atoms with E-state index in [1.54, 1.807) is 12.1 Å². The molecule has 0 spiro atoms. The van der Waals surface area contributed by atoms with E-state index in [1.807, 2.05) is 0 Å². The first-order valence-corrected chi connectivity index (χ1v) is 6.09. The van der Waals surface area contributed by atoms with Gasteiger partial charge in [0.2, 0.25) is 0 Å². The van der Waals surface area contributed by atoms with Crippen LogP contribution in [0.1, 0.15) is 44.7 Å². The van der Waals surface area contributed by atoms with Crippen molar-refractivity contribution in [1.29, 1.82) is 0 Å². The van der Waals surface area contributed by atoms with Crippen molar-refractivity contribution in [1.82, 2.24) is 0 Å². The fourth-order valence-electron chi connectivity index (χ4n) is 1.70. The maximum Gasteiger partial charge on any atom is 0.128 e. The van der Waals surface area contributed by atoms with E-state index in [2.05, 4.69) is 13.8 Å². The fourth-order valence-corrected chi connectivity index (χ4v) is 1.88. The Labute approximate surface area is 102 Å². The summed E-state index contributed by atoms with van der Waals surface area (Å²) >= 11 is 5.82. The summed E-state index contributed by atoms with van der Waals surface area (Å²) in [6.07, 6.45) is 2.94. The van der Waals surface area contributed by atoms with E-state index in [0.717, 1.165) is 19.3 Å². The molecule has 1 atom stereocenters. The minimum Gasteiger partial charge on any atom is -0.324 e. The van der Waals surface area contributed by atoms with E-state index in [4.69, 9.17) is 17.3 Å². The first kappa shape index (κ1) is 13.5. The van der Waals surface area contributed by atoms with Crippen LogP contribution in [0.2, 0.25) is 5.02 Å². The molecule has 0 fully saturated rings. The lowest BCUT2D eigenvalue weighted by molar-refractivity contribution is 0.493. The molecule has 1 unspecified atom stereocenters. The van der Waals surface area contributed by atoms with Crippen LogP contribution in [0.3, 0.4) is 0 Å². The van der Waals surface area contributed by atoms with Gasteiger partial charge in [0.15, 0.2) is 0 Å². The van der Waals surface area contributed by atoms with Crippen LogP contribution in [0.15, 0.2) is 18.2 Å². The maximum absolute atomic E-state index is 13.5. The molecule has 1 aromatic rings. The SMILES string of the molecule is CC(C)CCCC(N)c1cc(Cl)ccc1F. The van der Waals surface area contributed by atoms with Gasteiger partial charge < -0.3 is 5.73 Å². The van der Waals surface area contributed by atoms with Crippen LogP contribution < -0.4 is 5.73 Å². The fraction of sp³-hybridized carbons (Fsp3) is 0.538. The summed E-state index contributed by atoms with van der Waals surface area (Å²) in [5.74, 6) is 0.401. The second-order valence-electron chi connectivity index (χ2n) is 4.60. The summed E-state index contributed by atoms with van der Waals surface area (Å²) in [6, 6.07) is 4.29. The molecule has 0 bridgehead atoms. The molecule has 0 radical (unpaired) electrons. The van der Waals surface area contributed by atoms with Crippen LogP contribution in [0.25, 0.3) is 0 Å². The van der Waals surface area contributed by atoms with Gasteiger partial charge in [0.1, 0.15) is 5.82 Å². The molecular weight excluding hydrogens is 225 g/mol. The van der Waals surface area contributed by atoms with Gasteiger partial charge in [-0.25, -0.2) is 4.39 Å². The maximum atomic E-state index is 13.5. The van der Waals surface area contributed by atoms with Gasteiger partial charge >= 0.3 is 0 Å². The highest BCUT2D eigenvalue weighted by atomic mass is 35.5. The monoisotopic (exact) mass is 243 g/mol. The van der Waals surface area contributed by atoms with Crippen molar-refractivity contribution in [3.63, 3.8) is 0 Å². The first-order chi connectivity index (χ1) is 7.50. The Kier molecular flexibility index (Phi) is 5.23. The van der Waals surface area contributed by atoms with E-state index in [9.17, 15) is 4.39 Å². The normalized spacial score (nSPS) is 13.1. The van der Waals surface area contributed by atoms with Crippen molar-refractivity contribution < 1.29 is 4.39 Å². The Hall–Kier alpha value is -0.600. The molecular formula is C13H19ClFN. The Balaban J connectivity index is 2.58. The molecule has 0 heterocycles. The number of hydrogen-bond acceptors (Lipinski definition) is 1. The van der Waals surface area contributed by atoms with Crippen LogP contribution in [-0.4, -0.2) is 0 Å². The molecule has 0 aromatic heterocycles. The van der Waals surface area contributed by atoms with Crippen LogP contribution >= 0.6 is 11.6 Å². The lowest BCUT2D eigenvalue weighted by Crippen LogP contribution is -2.12. The van der Waals surface area contributed by atoms with Gasteiger partial charge in [-0.3, -0.25) is 0 Å². The van der Waals surface area contributed by atoms with Crippen molar-refractivity contribution in [2.24, 2.45) is 11.7 Å². The predicted molar refractivity (Wildman–Crippen MR) is 67.0 cm³/mol. The Morgan fingerprint density at radius 1 is 1.31 bits per heavy atom. The smallest absolute Gasteiger partial charge is 0.128 e. The molecule has 16 heavy (non-hydrogen) atoms. The summed E-state index contributed by atoms with van der Waals surface area (Å²) in [4.78, 5) is 0. The van der Waals surface area contributed by atoms with Crippen molar-refractivity contribution in [2.75, 3.05) is 0 Å². The quantitative estimate of drug-likeness (QED) is 0.820. The average Bonchev–Trinajstić information content (AvgIpc) is 2.21. The standard InChI is InChI=1S/C13H19ClFN/c1-9(2)4-3-5-13(16)11-8-10(14)6-7-12(11)15/h6-9,13H,3-5,16H2,1-2H3. The minimum atomic E-state index is -0.263. The summed E-state index contributed by atoms with van der Waals surface area (Å²) in [5, 5.41) is 0.538. The highest BCUT2D eigenvalue weighted by Crippen LogP contribution is 2.24. The van der Waals surface area contributed by atoms with Crippen LogP contribution in [0, 0.1) is 11.7 Å². The molecule has 1 rings (SSSR count). The van der Waals surface area contributed by atoms with Crippen LogP contribution in [0.4, 0.5) is 4.39 Å². The summed E-state index contributed by atoms with van der Waals surface area (Å²) in [5.41, 5.74) is 6.48. The van der Waals surface area contributed by atoms with E-state index >= 15 is 0 Å². The van der Waals surface area contributed by atoms with Gasteiger partial charge in [0.25, 0.3) is 0 Å². The van der Waals surface area contributed by atoms with Gasteiger partial charge in [0.05, 0.1) is 0 Å². The van der Waals surface area contributed by atoms with Gasteiger partial charge in [-0.1, -0.05) is 38.3 Å². The number of nitrogens with two attached hydrogens (primary N) is 1. The first-order valence-electron chi connectivity index (χ1n) is 5.71. The number of hydrogen-bond donors (Lipinski definition) is 1. The molecule has 1 aromatic carbocycles. The molecule has 1 nitrogen and oxygen atoms in total. The number of rotatable bonds is 5. The Bertz CT molecular complexity index is 339. The van der Waals surface area contributed by atoms with E-state index in [0.29, 0.717) is 16.5 Å². The molecule has 0 saturated heterocycles. The van der Waals surface area contributed by atoms with Crippen molar-refractivity contribution in [3.05, 3.63) is 34.6 Å². The predicted octanol–water partition coefficient (Wildman–Crippen LogP) is 4.31. The summed E-state index contributed by atoms with van der Waals surface area (Å²) < 4.78 is 13.5. The van der Waals surface area contributed by atoms with E-state index in [-0.39, 0.29) is 11.9 Å². The lowest BCUT2D eigenvalue weighted by Gasteiger charge is -2.14. The third-order valence-corrected chi connectivity index (χ3v) is 2.89. The average molecular weight is 244 g/mol. The molecule has 0 aliphatic carbocycles. The lowest BCUT2D eigenvalue weighted by atomic mass is 9.98. The zero-order valence-electron chi connectivity index (χ0n) is 9.84. The summed E-state index contributed by atoms with van der Waals surface area (Å²) in [7, 11) is 0. The van der Waals surface area contributed by atoms with Crippen molar-refractivity contribution in [2.45, 2.75) is 39.2 Å². The van der Waals surface area contributed by atoms with E-state index in [1.165, 1.54) is 6.07 Å². The second kappa shape index (κ2) is 6.21. The van der Waals surface area contributed by atoms with Gasteiger partial charge in [-0.2, -0.15) is 0 Å². The third-order valence-electron chi connectivity index (χ3n) is 2.65. The van der Waals surface area contributed by atoms with Crippen molar-refractivity contribution >= 4 is 11.6 Å². The summed E-state index contributed by atoms with van der Waals surface area (Å²) in [6.45, 7) is 4.34. The molecule has 90 valence electrons. The Morgan fingerprint density at radius 2 is 2.00 bits per heavy atom. The van der Waals surface area contributed by atoms with E-state index < -0.39 is 0 Å². The molecule has 0 amide bonds. The molecule has 0 saturated carbocycles. The minimum absolute atomic E-state index is 0.252. The number of benzene rings is 1. The zero-order valence-corrected chi connectivity index (χ0v) is 10.6. The Morgan fingerprint density at radius 3 is 2.62 bits per heavy atom. The third kappa shape index (κ3) is 4.11.